The molecule has 0 radical (unpaired) electrons. The normalized spacial score (nSPS) is 17.2. The number of β-amino-alcohol motifs (C(OH)–C–C–N with tert-alkyl or cyclic N) is 1. The lowest BCUT2D eigenvalue weighted by molar-refractivity contribution is -0.141. The number of unbranched alkanes of at least 4 members (excludes halogenated alkanes) is 2. The SMILES string of the molecule is Cc1cc([C@@H](C(=O)N2C[C@@H](O)C[C@@H]2C(=O)NCc2ccc(-c3scnc3C)cc2OCCCOCCCCCOc2ccc(N3C(=S)N(c4ccc(C#N)c(C(F)(F)F)c4)C(=O)C3(C)C)cc2)C(C)C)on1. The minimum atomic E-state index is -4.80. The topological polar surface area (TPSA) is 184 Å². The number of nitrogens with one attached hydrogen (secondary N) is 1. The highest BCUT2D eigenvalue weighted by Crippen LogP contribution is 2.40. The molecule has 3 atom stereocenters. The monoisotopic (exact) mass is 1030 g/mol. The zero-order chi connectivity index (χ0) is 51.9. The third kappa shape index (κ3) is 12.1. The smallest absolute Gasteiger partial charge is 0.417 e. The number of hydrogen-bond donors (Lipinski definition) is 2. The van der Waals surface area contributed by atoms with E-state index in [0.29, 0.717) is 61.5 Å². The summed E-state index contributed by atoms with van der Waals surface area (Å²) in [6, 6.07) is 18.3. The highest BCUT2D eigenvalue weighted by atomic mass is 32.1. The first-order valence-electron chi connectivity index (χ1n) is 23.8. The molecule has 2 fully saturated rings. The van der Waals surface area contributed by atoms with E-state index in [0.717, 1.165) is 58.0 Å². The number of aliphatic hydroxyl groups is 1. The number of carbonyl (C=O) groups excluding carboxylic acids is 3. The number of nitriles is 1. The Hall–Kier alpha value is -6.40. The van der Waals surface area contributed by atoms with Crippen molar-refractivity contribution in [3.05, 3.63) is 106 Å². The number of rotatable bonds is 21. The Morgan fingerprint density at radius 2 is 1.69 bits per heavy atom. The van der Waals surface area contributed by atoms with Crippen molar-refractivity contribution in [1.29, 1.82) is 5.26 Å². The van der Waals surface area contributed by atoms with Gasteiger partial charge in [0.1, 0.15) is 34.8 Å². The lowest BCUT2D eigenvalue weighted by Gasteiger charge is -2.29. The van der Waals surface area contributed by atoms with Crippen LogP contribution in [-0.2, 0) is 31.8 Å². The summed E-state index contributed by atoms with van der Waals surface area (Å²) in [7, 11) is 0. The number of halogens is 3. The summed E-state index contributed by atoms with van der Waals surface area (Å²) >= 11 is 7.17. The van der Waals surface area contributed by atoms with Crippen LogP contribution < -0.4 is 24.6 Å². The minimum Gasteiger partial charge on any atom is -0.494 e. The van der Waals surface area contributed by atoms with Gasteiger partial charge in [-0.25, -0.2) is 4.98 Å². The van der Waals surface area contributed by atoms with Crippen molar-refractivity contribution in [2.75, 3.05) is 42.8 Å². The van der Waals surface area contributed by atoms with Crippen molar-refractivity contribution >= 4 is 57.8 Å². The number of thiazole rings is 1. The van der Waals surface area contributed by atoms with Crippen LogP contribution in [0.3, 0.4) is 0 Å². The van der Waals surface area contributed by atoms with Crippen molar-refractivity contribution in [2.45, 2.75) is 110 Å². The van der Waals surface area contributed by atoms with Crippen LogP contribution in [-0.4, -0.2) is 93.6 Å². The Labute approximate surface area is 425 Å². The number of amides is 3. The number of alkyl halides is 3. The van der Waals surface area contributed by atoms with Crippen LogP contribution in [0.2, 0.25) is 0 Å². The van der Waals surface area contributed by atoms with E-state index in [1.165, 1.54) is 22.3 Å². The first kappa shape index (κ1) is 53.4. The lowest BCUT2D eigenvalue weighted by Crippen LogP contribution is -2.48. The second-order valence-corrected chi connectivity index (χ2v) is 19.9. The van der Waals surface area contributed by atoms with Crippen LogP contribution in [0, 0.1) is 31.1 Å². The molecule has 7 rings (SSSR count). The molecular formula is C52H58F3N7O8S2. The summed E-state index contributed by atoms with van der Waals surface area (Å²) in [6.45, 7) is 12.8. The number of likely N-dealkylation sites (tertiary alicyclic amines) is 1. The third-order valence-electron chi connectivity index (χ3n) is 12.6. The van der Waals surface area contributed by atoms with E-state index in [1.54, 1.807) is 67.6 Å². The number of carbonyl (C=O) groups is 3. The summed E-state index contributed by atoms with van der Waals surface area (Å²) in [5.41, 5.74) is 2.59. The molecule has 5 aromatic rings. The van der Waals surface area contributed by atoms with Gasteiger partial charge in [0, 0.05) is 56.5 Å². The van der Waals surface area contributed by atoms with Crippen LogP contribution in [0.1, 0.15) is 99.6 Å². The second kappa shape index (κ2) is 23.0. The molecule has 0 bridgehead atoms. The average molecular weight is 1030 g/mol. The molecule has 0 spiro atoms. The molecule has 2 aliphatic heterocycles. The number of hydrogen-bond acceptors (Lipinski definition) is 13. The third-order valence-corrected chi connectivity index (χ3v) is 14.0. The van der Waals surface area contributed by atoms with Crippen molar-refractivity contribution < 1.29 is 51.4 Å². The molecule has 0 saturated carbocycles. The first-order chi connectivity index (χ1) is 34.3. The fraction of sp³-hybridized carbons (Fsp3) is 0.442. The van der Waals surface area contributed by atoms with Gasteiger partial charge < -0.3 is 39.0 Å². The number of benzene rings is 3. The molecule has 3 aromatic carbocycles. The summed E-state index contributed by atoms with van der Waals surface area (Å²) < 4.78 is 64.9. The molecule has 0 unspecified atom stereocenters. The quantitative estimate of drug-likeness (QED) is 0.0524. The molecule has 2 aliphatic rings. The van der Waals surface area contributed by atoms with Crippen molar-refractivity contribution in [1.82, 2.24) is 20.4 Å². The van der Waals surface area contributed by atoms with E-state index in [4.69, 9.17) is 31.0 Å². The number of aryl methyl sites for hydroxylation is 2. The molecule has 20 heteroatoms. The fourth-order valence-corrected chi connectivity index (χ4v) is 10.2. The zero-order valence-electron chi connectivity index (χ0n) is 41.0. The van der Waals surface area contributed by atoms with Crippen molar-refractivity contribution in [3.63, 3.8) is 0 Å². The van der Waals surface area contributed by atoms with E-state index in [2.05, 4.69) is 15.5 Å². The molecule has 2 saturated heterocycles. The second-order valence-electron chi connectivity index (χ2n) is 18.7. The van der Waals surface area contributed by atoms with Gasteiger partial charge in [-0.1, -0.05) is 31.1 Å². The molecule has 3 amide bonds. The van der Waals surface area contributed by atoms with Gasteiger partial charge in [0.15, 0.2) is 5.11 Å². The van der Waals surface area contributed by atoms with Crippen LogP contribution in [0.25, 0.3) is 10.4 Å². The molecule has 2 aromatic heterocycles. The number of thiocarbonyl (C=S) groups is 1. The van der Waals surface area contributed by atoms with Gasteiger partial charge in [-0.15, -0.1) is 11.3 Å². The average Bonchev–Trinajstić information content (AvgIpc) is 4.12. The fourth-order valence-electron chi connectivity index (χ4n) is 8.87. The predicted octanol–water partition coefficient (Wildman–Crippen LogP) is 9.27. The van der Waals surface area contributed by atoms with Crippen LogP contribution >= 0.6 is 23.6 Å². The highest BCUT2D eigenvalue weighted by molar-refractivity contribution is 7.81. The van der Waals surface area contributed by atoms with Crippen LogP contribution in [0.5, 0.6) is 11.5 Å². The van der Waals surface area contributed by atoms with Gasteiger partial charge in [-0.2, -0.15) is 18.4 Å². The maximum absolute atomic E-state index is 13.9. The summed E-state index contributed by atoms with van der Waals surface area (Å²) in [5, 5.41) is 26.8. The summed E-state index contributed by atoms with van der Waals surface area (Å²) in [4.78, 5) is 50.7. The number of ether oxygens (including phenoxy) is 3. The Morgan fingerprint density at radius 1 is 0.986 bits per heavy atom. The van der Waals surface area contributed by atoms with E-state index < -0.39 is 46.8 Å². The molecule has 382 valence electrons. The largest absolute Gasteiger partial charge is 0.494 e. The molecule has 0 aliphatic carbocycles. The molecule has 2 N–H and O–H groups in total. The predicted molar refractivity (Wildman–Crippen MR) is 269 cm³/mol. The van der Waals surface area contributed by atoms with Crippen LogP contribution in [0.4, 0.5) is 24.5 Å². The van der Waals surface area contributed by atoms with Gasteiger partial charge in [-0.3, -0.25) is 19.3 Å². The first-order valence-corrected chi connectivity index (χ1v) is 25.0. The summed E-state index contributed by atoms with van der Waals surface area (Å²) in [6.07, 6.45) is -2.46. The minimum absolute atomic E-state index is 0.00759. The molecule has 72 heavy (non-hydrogen) atoms. The number of anilines is 2. The highest BCUT2D eigenvalue weighted by Gasteiger charge is 2.51. The van der Waals surface area contributed by atoms with E-state index in [9.17, 15) is 37.9 Å². The zero-order valence-corrected chi connectivity index (χ0v) is 42.6. The standard InChI is InChI=1S/C52H58F3N7O8S2/c1-31(2)45(44-23-32(3)59-70-44)48(65)60-29-39(63)26-42(60)47(64)57-28-36-12-11-34(46-33(4)58-30-72-46)24-43(36)69-22-10-20-67-19-8-7-9-21-68-40-17-15-37(16-18-40)62-50(71)61(49(66)51(62,5)6)38-14-13-35(27-56)41(25-38)52(53,54)55/h11-18,23-25,30-31,39,42,45,63H,7-10,19-22,26,28-29H2,1-6H3,(H,57,64)/t39-,42+,45-/m0/s1. The summed E-state index contributed by atoms with van der Waals surface area (Å²) in [5.74, 6) is -0.342. The maximum atomic E-state index is 13.9. The van der Waals surface area contributed by atoms with Crippen molar-refractivity contribution in [2.24, 2.45) is 5.92 Å². The Bertz CT molecular complexity index is 2790. The number of nitrogens with zero attached hydrogens (tertiary/aromatic N) is 6. The molecular weight excluding hydrogens is 972 g/mol. The molecule has 4 heterocycles. The van der Waals surface area contributed by atoms with Gasteiger partial charge in [0.2, 0.25) is 11.8 Å². The molecule has 15 nitrogen and oxygen atoms in total. The lowest BCUT2D eigenvalue weighted by atomic mass is 9.91. The van der Waals surface area contributed by atoms with E-state index >= 15 is 0 Å². The maximum Gasteiger partial charge on any atom is 0.417 e. The van der Waals surface area contributed by atoms with Crippen molar-refractivity contribution in [3.8, 4) is 28.0 Å². The Morgan fingerprint density at radius 3 is 2.36 bits per heavy atom. The Balaban J connectivity index is 0.847. The number of aromatic nitrogens is 2. The van der Waals surface area contributed by atoms with Gasteiger partial charge >= 0.3 is 6.18 Å². The Kier molecular flexibility index (Phi) is 17.1. The van der Waals surface area contributed by atoms with Gasteiger partial charge in [0.25, 0.3) is 5.91 Å². The van der Waals surface area contributed by atoms with E-state index in [1.807, 2.05) is 39.0 Å². The number of aliphatic hydroxyl groups excluding tert-OH is 1. The van der Waals surface area contributed by atoms with Crippen LogP contribution in [0.15, 0.2) is 76.8 Å². The van der Waals surface area contributed by atoms with Gasteiger partial charge in [0.05, 0.1) is 64.0 Å². The van der Waals surface area contributed by atoms with E-state index in [-0.39, 0.29) is 48.0 Å². The van der Waals surface area contributed by atoms with Gasteiger partial charge in [-0.05, 0) is 119 Å².